The highest BCUT2D eigenvalue weighted by Crippen LogP contribution is 2.25. The number of hydrogen-bond donors (Lipinski definition) is 3. The maximum absolute atomic E-state index is 12.1. The summed E-state index contributed by atoms with van der Waals surface area (Å²) >= 11 is 7.10. The van der Waals surface area contributed by atoms with Crippen LogP contribution in [0.4, 0.5) is 5.69 Å². The molecule has 1 aliphatic rings. The van der Waals surface area contributed by atoms with E-state index in [1.165, 1.54) is 6.92 Å². The molecule has 0 aromatic heterocycles. The van der Waals surface area contributed by atoms with Crippen LogP contribution in [0.1, 0.15) is 18.9 Å². The first-order valence-electron chi connectivity index (χ1n) is 6.73. The summed E-state index contributed by atoms with van der Waals surface area (Å²) in [5.74, 6) is -0.967. The van der Waals surface area contributed by atoms with Crippen molar-refractivity contribution in [3.8, 4) is 0 Å². The van der Waals surface area contributed by atoms with Crippen LogP contribution in [-0.4, -0.2) is 28.1 Å². The molecule has 1 atom stereocenters. The highest BCUT2D eigenvalue weighted by Gasteiger charge is 2.32. The molecule has 0 aliphatic carbocycles. The van der Waals surface area contributed by atoms with E-state index in [1.807, 2.05) is 0 Å². The van der Waals surface area contributed by atoms with Crippen LogP contribution in [0.5, 0.6) is 0 Å². The molecular weight excluding hydrogens is 340 g/mol. The van der Waals surface area contributed by atoms with E-state index in [2.05, 4.69) is 21.2 Å². The Bertz CT molecular complexity index is 693. The molecule has 23 heavy (non-hydrogen) atoms. The van der Waals surface area contributed by atoms with Gasteiger partial charge in [-0.3, -0.25) is 14.4 Å². The van der Waals surface area contributed by atoms with E-state index in [4.69, 9.17) is 11.6 Å². The third kappa shape index (κ3) is 4.70. The number of amides is 3. The molecule has 9 heteroatoms. The Morgan fingerprint density at radius 3 is 2.87 bits per heavy atom. The lowest BCUT2D eigenvalue weighted by Crippen LogP contribution is -2.29. The van der Waals surface area contributed by atoms with Gasteiger partial charge in [0.15, 0.2) is 5.17 Å². The second-order valence-electron chi connectivity index (χ2n) is 4.85. The topological polar surface area (TPSA) is 99.7 Å². The number of rotatable bonds is 4. The van der Waals surface area contributed by atoms with Crippen molar-refractivity contribution in [3.05, 3.63) is 28.8 Å². The number of carbonyl (C=O) groups excluding carboxylic acids is 3. The summed E-state index contributed by atoms with van der Waals surface area (Å²) in [6, 6.07) is 5.21. The van der Waals surface area contributed by atoms with Crippen molar-refractivity contribution in [1.82, 2.24) is 10.7 Å². The quantitative estimate of drug-likeness (QED) is 0.715. The Morgan fingerprint density at radius 2 is 2.17 bits per heavy atom. The van der Waals surface area contributed by atoms with Crippen LogP contribution < -0.4 is 16.1 Å². The average Bonchev–Trinajstić information content (AvgIpc) is 2.82. The summed E-state index contributed by atoms with van der Waals surface area (Å²) in [6.45, 7) is 3.11. The number of thioether (sulfide) groups is 1. The number of hydrogen-bond acceptors (Lipinski definition) is 5. The van der Waals surface area contributed by atoms with Gasteiger partial charge in [-0.2, -0.15) is 0 Å². The van der Waals surface area contributed by atoms with Crippen molar-refractivity contribution in [2.24, 2.45) is 5.10 Å². The third-order valence-corrected chi connectivity index (χ3v) is 4.50. The van der Waals surface area contributed by atoms with Gasteiger partial charge in [0.1, 0.15) is 5.25 Å². The lowest BCUT2D eigenvalue weighted by Gasteiger charge is -2.10. The van der Waals surface area contributed by atoms with Crippen LogP contribution in [0.3, 0.4) is 0 Å². The van der Waals surface area contributed by atoms with Crippen molar-refractivity contribution >= 4 is 51.9 Å². The Labute approximate surface area is 142 Å². The van der Waals surface area contributed by atoms with Gasteiger partial charge in [-0.1, -0.05) is 29.4 Å². The summed E-state index contributed by atoms with van der Waals surface area (Å²) in [5.41, 5.74) is 3.61. The van der Waals surface area contributed by atoms with Gasteiger partial charge >= 0.3 is 0 Å². The van der Waals surface area contributed by atoms with Crippen molar-refractivity contribution in [2.75, 3.05) is 5.32 Å². The fraction of sp³-hybridized carbons (Fsp3) is 0.286. The number of benzene rings is 1. The van der Waals surface area contributed by atoms with E-state index < -0.39 is 5.25 Å². The van der Waals surface area contributed by atoms with Crippen molar-refractivity contribution < 1.29 is 14.4 Å². The van der Waals surface area contributed by atoms with Gasteiger partial charge in [-0.05, 0) is 24.6 Å². The Balaban J connectivity index is 1.95. The maximum Gasteiger partial charge on any atom is 0.240 e. The van der Waals surface area contributed by atoms with E-state index in [0.717, 1.165) is 17.3 Å². The summed E-state index contributed by atoms with van der Waals surface area (Å²) in [6.07, 6.45) is -0.0124. The molecule has 2 rings (SSSR count). The van der Waals surface area contributed by atoms with Crippen LogP contribution in [0.15, 0.2) is 23.3 Å². The molecule has 1 aromatic rings. The number of carbonyl (C=O) groups is 3. The van der Waals surface area contributed by atoms with Crippen LogP contribution >= 0.6 is 23.4 Å². The molecule has 3 N–H and O–H groups in total. The fourth-order valence-corrected chi connectivity index (χ4v) is 2.94. The van der Waals surface area contributed by atoms with Crippen LogP contribution in [0.2, 0.25) is 5.02 Å². The predicted octanol–water partition coefficient (Wildman–Crippen LogP) is 1.62. The largest absolute Gasteiger partial charge is 0.326 e. The minimum absolute atomic E-state index is 0.0124. The SMILES string of the molecule is CC(=O)N/N=C1\NC(=O)[C@@H](CC(=O)Nc2cccc(Cl)c2C)S1. The zero-order valence-electron chi connectivity index (χ0n) is 12.5. The highest BCUT2D eigenvalue weighted by molar-refractivity contribution is 8.15. The molecule has 122 valence electrons. The molecule has 3 amide bonds. The molecule has 0 bridgehead atoms. The zero-order chi connectivity index (χ0) is 17.0. The summed E-state index contributed by atoms with van der Waals surface area (Å²) in [7, 11) is 0. The molecule has 1 saturated heterocycles. The van der Waals surface area contributed by atoms with Crippen LogP contribution in [0, 0.1) is 6.92 Å². The number of nitrogens with zero attached hydrogens (tertiary/aromatic N) is 1. The summed E-state index contributed by atoms with van der Waals surface area (Å²) in [5, 5.41) is 9.21. The zero-order valence-corrected chi connectivity index (χ0v) is 14.0. The standard InChI is InChI=1S/C14H15ClN4O3S/c1-7-9(15)4-3-5-10(7)16-12(21)6-11-13(22)17-14(23-11)19-18-8(2)20/h3-5,11H,6H2,1-2H3,(H,16,21)(H,18,20)(H,17,19,22)/t11-/m1/s1. The fourth-order valence-electron chi connectivity index (χ4n) is 1.83. The molecule has 1 aromatic carbocycles. The van der Waals surface area contributed by atoms with Gasteiger partial charge in [0.2, 0.25) is 17.7 Å². The molecule has 0 radical (unpaired) electrons. The summed E-state index contributed by atoms with van der Waals surface area (Å²) < 4.78 is 0. The van der Waals surface area contributed by atoms with Gasteiger partial charge < -0.3 is 10.6 Å². The third-order valence-electron chi connectivity index (χ3n) is 3.00. The summed E-state index contributed by atoms with van der Waals surface area (Å²) in [4.78, 5) is 34.7. The van der Waals surface area contributed by atoms with Crippen molar-refractivity contribution in [2.45, 2.75) is 25.5 Å². The number of amidine groups is 1. The molecule has 0 spiro atoms. The maximum atomic E-state index is 12.1. The van der Waals surface area contributed by atoms with Gasteiger partial charge in [-0.15, -0.1) is 5.10 Å². The minimum atomic E-state index is -0.595. The molecule has 0 saturated carbocycles. The van der Waals surface area contributed by atoms with E-state index in [9.17, 15) is 14.4 Å². The number of nitrogens with one attached hydrogen (secondary N) is 3. The van der Waals surface area contributed by atoms with Crippen LogP contribution in [0.25, 0.3) is 0 Å². The molecule has 1 fully saturated rings. The van der Waals surface area contributed by atoms with Gasteiger partial charge in [-0.25, -0.2) is 5.43 Å². The Kier molecular flexibility index (Phi) is 5.62. The second-order valence-corrected chi connectivity index (χ2v) is 6.44. The average molecular weight is 355 g/mol. The molecule has 1 heterocycles. The number of halogens is 1. The first-order valence-corrected chi connectivity index (χ1v) is 7.99. The molecule has 1 aliphatic heterocycles. The molecular formula is C14H15ClN4O3S. The van der Waals surface area contributed by atoms with E-state index in [0.29, 0.717) is 10.7 Å². The normalized spacial score (nSPS) is 18.7. The van der Waals surface area contributed by atoms with Gasteiger partial charge in [0.25, 0.3) is 0 Å². The predicted molar refractivity (Wildman–Crippen MR) is 90.2 cm³/mol. The highest BCUT2D eigenvalue weighted by atomic mass is 35.5. The lowest BCUT2D eigenvalue weighted by molar-refractivity contribution is -0.122. The lowest BCUT2D eigenvalue weighted by atomic mass is 10.2. The smallest absolute Gasteiger partial charge is 0.240 e. The van der Waals surface area contributed by atoms with Crippen molar-refractivity contribution in [3.63, 3.8) is 0 Å². The number of hydrazone groups is 1. The van der Waals surface area contributed by atoms with E-state index >= 15 is 0 Å². The van der Waals surface area contributed by atoms with Gasteiger partial charge in [0, 0.05) is 24.1 Å². The molecule has 0 unspecified atom stereocenters. The minimum Gasteiger partial charge on any atom is -0.326 e. The van der Waals surface area contributed by atoms with E-state index in [1.54, 1.807) is 25.1 Å². The van der Waals surface area contributed by atoms with Crippen LogP contribution in [-0.2, 0) is 14.4 Å². The van der Waals surface area contributed by atoms with Gasteiger partial charge in [0.05, 0.1) is 0 Å². The van der Waals surface area contributed by atoms with Crippen molar-refractivity contribution in [1.29, 1.82) is 0 Å². The monoisotopic (exact) mass is 354 g/mol. The molecule has 7 nitrogen and oxygen atoms in total. The van der Waals surface area contributed by atoms with E-state index in [-0.39, 0.29) is 29.3 Å². The Hall–Kier alpha value is -2.06. The first-order chi connectivity index (χ1) is 10.9. The first kappa shape index (κ1) is 17.3. The second kappa shape index (κ2) is 7.47. The Morgan fingerprint density at radius 1 is 1.43 bits per heavy atom. The number of anilines is 1.